The van der Waals surface area contributed by atoms with Crippen LogP contribution < -0.4 is 0 Å². The average molecular weight is 220 g/mol. The van der Waals surface area contributed by atoms with Crippen molar-refractivity contribution in [2.45, 2.75) is 18.9 Å². The molecule has 0 N–H and O–H groups in total. The van der Waals surface area contributed by atoms with Crippen molar-refractivity contribution in [3.05, 3.63) is 0 Å². The van der Waals surface area contributed by atoms with Crippen LogP contribution in [0.4, 0.5) is 4.79 Å². The summed E-state index contributed by atoms with van der Waals surface area (Å²) in [4.78, 5) is 13.1. The van der Waals surface area contributed by atoms with Crippen molar-refractivity contribution in [2.75, 3.05) is 19.3 Å². The van der Waals surface area contributed by atoms with Crippen molar-refractivity contribution in [3.63, 3.8) is 0 Å². The number of carbonyl (C=O) groups excluding carboxylic acids is 1. The third-order valence-electron chi connectivity index (χ3n) is 2.40. The predicted octanol–water partition coefficient (Wildman–Crippen LogP) is -0.222. The lowest BCUT2D eigenvalue weighted by Gasteiger charge is -2.20. The van der Waals surface area contributed by atoms with Crippen molar-refractivity contribution in [3.8, 4) is 0 Å². The maximum absolute atomic E-state index is 11.5. The summed E-state index contributed by atoms with van der Waals surface area (Å²) in [7, 11) is -3.60. The predicted molar refractivity (Wildman–Crippen MR) is 47.8 cm³/mol. The Labute approximate surface area is 82.5 Å². The molecule has 0 aromatic heterocycles. The second kappa shape index (κ2) is 3.09. The van der Waals surface area contributed by atoms with E-state index in [0.717, 1.165) is 24.2 Å². The molecule has 0 aromatic rings. The van der Waals surface area contributed by atoms with Gasteiger partial charge in [0.1, 0.15) is 0 Å². The van der Waals surface area contributed by atoms with Gasteiger partial charge in [-0.3, -0.25) is 0 Å². The summed E-state index contributed by atoms with van der Waals surface area (Å²) >= 11 is 0. The molecule has 1 atom stereocenters. The van der Waals surface area contributed by atoms with E-state index in [1.165, 1.54) is 0 Å². The number of rotatable bonds is 2. The topological polar surface area (TPSA) is 66.9 Å². The highest BCUT2D eigenvalue weighted by atomic mass is 32.2. The molecule has 2 aliphatic rings. The lowest BCUT2D eigenvalue weighted by atomic mass is 10.1. The number of hydrogen-bond donors (Lipinski definition) is 0. The van der Waals surface area contributed by atoms with Gasteiger partial charge in [-0.25, -0.2) is 4.79 Å². The van der Waals surface area contributed by atoms with Gasteiger partial charge in [0.25, 0.3) is 10.1 Å². The van der Waals surface area contributed by atoms with E-state index in [0.29, 0.717) is 13.1 Å². The second-order valence-corrected chi connectivity index (χ2v) is 5.19. The summed E-state index contributed by atoms with van der Waals surface area (Å²) in [5.41, 5.74) is 0. The van der Waals surface area contributed by atoms with Crippen LogP contribution in [-0.2, 0) is 14.4 Å². The molecule has 7 heteroatoms. The number of nitrogens with zero attached hydrogens (tertiary/aromatic N) is 2. The van der Waals surface area contributed by atoms with Crippen LogP contribution in [0, 0.1) is 0 Å². The summed E-state index contributed by atoms with van der Waals surface area (Å²) < 4.78 is 26.4. The highest BCUT2D eigenvalue weighted by molar-refractivity contribution is 7.85. The van der Waals surface area contributed by atoms with E-state index in [1.54, 1.807) is 4.90 Å². The molecule has 2 amide bonds. The summed E-state index contributed by atoms with van der Waals surface area (Å²) in [5, 5.41) is 0.988. The van der Waals surface area contributed by atoms with E-state index in [9.17, 15) is 13.2 Å². The zero-order chi connectivity index (χ0) is 10.3. The molecule has 2 saturated heterocycles. The van der Waals surface area contributed by atoms with Crippen molar-refractivity contribution < 1.29 is 17.5 Å². The van der Waals surface area contributed by atoms with Crippen LogP contribution >= 0.6 is 0 Å². The van der Waals surface area contributed by atoms with Gasteiger partial charge in [-0.05, 0) is 12.8 Å². The third-order valence-corrected chi connectivity index (χ3v) is 2.83. The SMILES string of the molecule is CS(=O)(=O)ON1C(=O)N2CCCC1C2. The van der Waals surface area contributed by atoms with Crippen LogP contribution in [0.25, 0.3) is 0 Å². The second-order valence-electron chi connectivity index (χ2n) is 3.63. The molecule has 6 nitrogen and oxygen atoms in total. The number of piperidine rings is 1. The Balaban J connectivity index is 2.16. The largest absolute Gasteiger partial charge is 0.345 e. The van der Waals surface area contributed by atoms with Gasteiger partial charge in [0.05, 0.1) is 12.3 Å². The lowest BCUT2D eigenvalue weighted by molar-refractivity contribution is -0.0204. The highest BCUT2D eigenvalue weighted by Crippen LogP contribution is 2.26. The number of carbonyl (C=O) groups is 1. The van der Waals surface area contributed by atoms with Gasteiger partial charge >= 0.3 is 6.03 Å². The van der Waals surface area contributed by atoms with Gasteiger partial charge in [0.15, 0.2) is 0 Å². The molecular formula is C7H12N2O4S. The van der Waals surface area contributed by atoms with E-state index < -0.39 is 10.1 Å². The van der Waals surface area contributed by atoms with E-state index >= 15 is 0 Å². The normalized spacial score (nSPS) is 27.2. The van der Waals surface area contributed by atoms with E-state index in [4.69, 9.17) is 0 Å². The van der Waals surface area contributed by atoms with Crippen molar-refractivity contribution in [1.29, 1.82) is 0 Å². The van der Waals surface area contributed by atoms with Crippen LogP contribution in [0.5, 0.6) is 0 Å². The minimum atomic E-state index is -3.60. The van der Waals surface area contributed by atoms with Crippen molar-refractivity contribution in [1.82, 2.24) is 9.96 Å². The number of fused-ring (bicyclic) bond motifs is 2. The first-order valence-corrected chi connectivity index (χ1v) is 6.27. The number of hydroxylamine groups is 2. The molecule has 2 fully saturated rings. The quantitative estimate of drug-likeness (QED) is 0.645. The van der Waals surface area contributed by atoms with Gasteiger partial charge in [-0.15, -0.1) is 4.28 Å². The Morgan fingerprint density at radius 3 is 2.79 bits per heavy atom. The minimum absolute atomic E-state index is 0.106. The van der Waals surface area contributed by atoms with Crippen LogP contribution in [0.1, 0.15) is 12.8 Å². The van der Waals surface area contributed by atoms with Crippen LogP contribution in [0.3, 0.4) is 0 Å². The Kier molecular flexibility index (Phi) is 2.15. The van der Waals surface area contributed by atoms with Crippen LogP contribution in [0.2, 0.25) is 0 Å². The lowest BCUT2D eigenvalue weighted by Crippen LogP contribution is -2.35. The molecule has 80 valence electrons. The first kappa shape index (κ1) is 9.72. The van der Waals surface area contributed by atoms with Crippen molar-refractivity contribution in [2.24, 2.45) is 0 Å². The summed E-state index contributed by atoms with van der Waals surface area (Å²) in [6, 6.07) is -0.441. The van der Waals surface area contributed by atoms with E-state index in [2.05, 4.69) is 4.28 Å². The fourth-order valence-electron chi connectivity index (χ4n) is 1.85. The molecule has 2 rings (SSSR count). The van der Waals surface area contributed by atoms with Crippen molar-refractivity contribution >= 4 is 16.1 Å². The molecule has 0 spiro atoms. The number of urea groups is 1. The monoisotopic (exact) mass is 220 g/mol. The summed E-state index contributed by atoms with van der Waals surface area (Å²) in [5.74, 6) is 0. The number of hydrogen-bond acceptors (Lipinski definition) is 4. The fourth-order valence-corrected chi connectivity index (χ4v) is 2.33. The first-order valence-electron chi connectivity index (χ1n) is 4.45. The maximum atomic E-state index is 11.5. The molecule has 14 heavy (non-hydrogen) atoms. The Morgan fingerprint density at radius 1 is 1.50 bits per heavy atom. The maximum Gasteiger partial charge on any atom is 0.345 e. The standard InChI is InChI=1S/C7H12N2O4S/c1-14(11,12)13-9-6-3-2-4-8(5-6)7(9)10/h6H,2-5H2,1H3. The Morgan fingerprint density at radius 2 is 2.21 bits per heavy atom. The summed E-state index contributed by atoms with van der Waals surface area (Å²) in [6.45, 7) is 1.27. The molecule has 0 aliphatic carbocycles. The summed E-state index contributed by atoms with van der Waals surface area (Å²) in [6.07, 6.45) is 2.65. The first-order chi connectivity index (χ1) is 6.47. The zero-order valence-electron chi connectivity index (χ0n) is 7.84. The molecule has 1 unspecified atom stereocenters. The minimum Gasteiger partial charge on any atom is -0.321 e. The fraction of sp³-hybridized carbons (Fsp3) is 0.857. The molecular weight excluding hydrogens is 208 g/mol. The van der Waals surface area contributed by atoms with Gasteiger partial charge < -0.3 is 4.90 Å². The smallest absolute Gasteiger partial charge is 0.321 e. The van der Waals surface area contributed by atoms with Gasteiger partial charge in [-0.1, -0.05) is 0 Å². The Bertz CT molecular complexity index is 353. The zero-order valence-corrected chi connectivity index (χ0v) is 8.66. The number of amides is 2. The molecule has 2 bridgehead atoms. The third kappa shape index (κ3) is 1.69. The van der Waals surface area contributed by atoms with Crippen LogP contribution in [0.15, 0.2) is 0 Å². The molecule has 2 aliphatic heterocycles. The Hall–Kier alpha value is -0.820. The van der Waals surface area contributed by atoms with Gasteiger partial charge in [-0.2, -0.15) is 13.5 Å². The van der Waals surface area contributed by atoms with Crippen LogP contribution in [-0.4, -0.2) is 49.8 Å². The van der Waals surface area contributed by atoms with E-state index in [1.807, 2.05) is 0 Å². The molecule has 0 aromatic carbocycles. The van der Waals surface area contributed by atoms with E-state index in [-0.39, 0.29) is 12.1 Å². The van der Waals surface area contributed by atoms with Gasteiger partial charge in [0, 0.05) is 13.1 Å². The van der Waals surface area contributed by atoms with Gasteiger partial charge in [0.2, 0.25) is 0 Å². The highest BCUT2D eigenvalue weighted by Gasteiger charge is 2.42. The molecule has 0 radical (unpaired) electrons. The molecule has 2 heterocycles. The molecule has 0 saturated carbocycles. The average Bonchev–Trinajstić information content (AvgIpc) is 2.28.